The summed E-state index contributed by atoms with van der Waals surface area (Å²) in [5.41, 5.74) is 2.16. The van der Waals surface area contributed by atoms with Crippen LogP contribution in [-0.2, 0) is 0 Å². The Bertz CT molecular complexity index is 560. The first-order chi connectivity index (χ1) is 9.63. The van der Waals surface area contributed by atoms with Gasteiger partial charge in [0.15, 0.2) is 0 Å². The van der Waals surface area contributed by atoms with Crippen LogP contribution in [-0.4, -0.2) is 11.5 Å². The minimum absolute atomic E-state index is 0.127. The van der Waals surface area contributed by atoms with Crippen molar-refractivity contribution in [2.75, 3.05) is 6.54 Å². The van der Waals surface area contributed by atoms with E-state index in [1.165, 1.54) is 6.07 Å². The maximum absolute atomic E-state index is 13.3. The molecule has 106 valence electrons. The summed E-state index contributed by atoms with van der Waals surface area (Å²) in [6, 6.07) is 11.0. The van der Waals surface area contributed by atoms with Crippen LogP contribution in [0.2, 0.25) is 0 Å². The Hall–Kier alpha value is -1.01. The van der Waals surface area contributed by atoms with Crippen LogP contribution in [0.3, 0.4) is 0 Å². The summed E-state index contributed by atoms with van der Waals surface area (Å²) in [5, 5.41) is 3.49. The van der Waals surface area contributed by atoms with Crippen LogP contribution in [0.1, 0.15) is 37.1 Å². The molecule has 0 amide bonds. The summed E-state index contributed by atoms with van der Waals surface area (Å²) >= 11 is 2.19. The van der Waals surface area contributed by atoms with Crippen LogP contribution in [0.25, 0.3) is 0 Å². The number of halogens is 2. The van der Waals surface area contributed by atoms with E-state index in [0.29, 0.717) is 0 Å². The van der Waals surface area contributed by atoms with Gasteiger partial charge in [-0.2, -0.15) is 0 Å². The molecule has 2 aromatic rings. The molecule has 0 aliphatic heterocycles. The fourth-order valence-corrected chi connectivity index (χ4v) is 3.16. The average molecular weight is 384 g/mol. The molecule has 0 radical (unpaired) electrons. The van der Waals surface area contributed by atoms with Gasteiger partial charge in [-0.1, -0.05) is 26.0 Å². The first kappa shape index (κ1) is 15.4. The Morgan fingerprint density at radius 2 is 2.10 bits per heavy atom. The lowest BCUT2D eigenvalue weighted by molar-refractivity contribution is 0.469. The lowest BCUT2D eigenvalue weighted by atomic mass is 9.91. The van der Waals surface area contributed by atoms with Gasteiger partial charge in [0, 0.05) is 27.4 Å². The molecule has 2 rings (SSSR count). The summed E-state index contributed by atoms with van der Waals surface area (Å²) in [4.78, 5) is 4.44. The number of nitrogens with zero attached hydrogens (tertiary/aromatic N) is 1. The van der Waals surface area contributed by atoms with Gasteiger partial charge in [0.1, 0.15) is 5.82 Å². The van der Waals surface area contributed by atoms with Gasteiger partial charge in [-0.25, -0.2) is 4.39 Å². The lowest BCUT2D eigenvalue weighted by Gasteiger charge is -2.26. The van der Waals surface area contributed by atoms with E-state index in [-0.39, 0.29) is 17.8 Å². The van der Waals surface area contributed by atoms with Gasteiger partial charge < -0.3 is 5.32 Å². The minimum atomic E-state index is -0.195. The number of likely N-dealkylation sites (N-methyl/N-ethyl adjacent to an activating group) is 1. The first-order valence-corrected chi connectivity index (χ1v) is 7.80. The van der Waals surface area contributed by atoms with E-state index < -0.39 is 0 Å². The standard InChI is InChI=1S/C16H18FIN2/c1-3-19-16(11(2)15-6-4-5-9-20-15)13-8-7-12(17)10-14(13)18/h4-11,16,19H,3H2,1-2H3. The Labute approximate surface area is 133 Å². The Morgan fingerprint density at radius 3 is 2.70 bits per heavy atom. The monoisotopic (exact) mass is 384 g/mol. The van der Waals surface area contributed by atoms with Gasteiger partial charge >= 0.3 is 0 Å². The fourth-order valence-electron chi connectivity index (χ4n) is 2.35. The Kier molecular flexibility index (Phi) is 5.48. The van der Waals surface area contributed by atoms with E-state index in [4.69, 9.17) is 0 Å². The summed E-state index contributed by atoms with van der Waals surface area (Å²) in [7, 11) is 0. The smallest absolute Gasteiger partial charge is 0.124 e. The highest BCUT2D eigenvalue weighted by atomic mass is 127. The van der Waals surface area contributed by atoms with Gasteiger partial charge in [0.05, 0.1) is 0 Å². The highest BCUT2D eigenvalue weighted by molar-refractivity contribution is 14.1. The van der Waals surface area contributed by atoms with E-state index in [2.05, 4.69) is 46.7 Å². The molecule has 0 spiro atoms. The third kappa shape index (κ3) is 3.55. The predicted octanol–water partition coefficient (Wildman–Crippen LogP) is 4.28. The average Bonchev–Trinajstić information content (AvgIpc) is 2.46. The van der Waals surface area contributed by atoms with Crippen LogP contribution in [0, 0.1) is 9.39 Å². The zero-order chi connectivity index (χ0) is 14.5. The maximum Gasteiger partial charge on any atom is 0.124 e. The van der Waals surface area contributed by atoms with Crippen molar-refractivity contribution >= 4 is 22.6 Å². The molecule has 2 unspecified atom stereocenters. The van der Waals surface area contributed by atoms with Crippen LogP contribution < -0.4 is 5.32 Å². The number of hydrogen-bond acceptors (Lipinski definition) is 2. The molecule has 4 heteroatoms. The highest BCUT2D eigenvalue weighted by Crippen LogP contribution is 2.32. The van der Waals surface area contributed by atoms with Crippen LogP contribution in [0.15, 0.2) is 42.6 Å². The van der Waals surface area contributed by atoms with E-state index in [1.54, 1.807) is 6.07 Å². The largest absolute Gasteiger partial charge is 0.310 e. The van der Waals surface area contributed by atoms with Crippen molar-refractivity contribution in [2.24, 2.45) is 0 Å². The molecular weight excluding hydrogens is 366 g/mol. The summed E-state index contributed by atoms with van der Waals surface area (Å²) in [6.07, 6.45) is 1.81. The highest BCUT2D eigenvalue weighted by Gasteiger charge is 2.22. The molecule has 1 N–H and O–H groups in total. The fraction of sp³-hybridized carbons (Fsp3) is 0.312. The second-order valence-electron chi connectivity index (χ2n) is 4.74. The molecule has 0 saturated heterocycles. The summed E-state index contributed by atoms with van der Waals surface area (Å²) < 4.78 is 14.2. The molecule has 0 fully saturated rings. The van der Waals surface area contributed by atoms with Gasteiger partial charge in [-0.15, -0.1) is 0 Å². The van der Waals surface area contributed by atoms with Gasteiger partial charge in [0.2, 0.25) is 0 Å². The molecule has 1 aromatic carbocycles. The predicted molar refractivity (Wildman–Crippen MR) is 88.2 cm³/mol. The molecular formula is C16H18FIN2. The quantitative estimate of drug-likeness (QED) is 0.779. The van der Waals surface area contributed by atoms with E-state index in [9.17, 15) is 4.39 Å². The molecule has 0 saturated carbocycles. The Balaban J connectivity index is 2.35. The van der Waals surface area contributed by atoms with Crippen molar-refractivity contribution in [3.05, 3.63) is 63.2 Å². The first-order valence-electron chi connectivity index (χ1n) is 6.72. The van der Waals surface area contributed by atoms with Crippen molar-refractivity contribution in [1.82, 2.24) is 10.3 Å². The summed E-state index contributed by atoms with van der Waals surface area (Å²) in [6.45, 7) is 5.08. The second-order valence-corrected chi connectivity index (χ2v) is 5.91. The molecule has 0 aliphatic carbocycles. The third-order valence-corrected chi connectivity index (χ3v) is 4.31. The van der Waals surface area contributed by atoms with Crippen molar-refractivity contribution < 1.29 is 4.39 Å². The third-order valence-electron chi connectivity index (χ3n) is 3.38. The zero-order valence-corrected chi connectivity index (χ0v) is 13.8. The lowest BCUT2D eigenvalue weighted by Crippen LogP contribution is -2.27. The molecule has 0 bridgehead atoms. The number of aromatic nitrogens is 1. The molecule has 1 heterocycles. The molecule has 1 aromatic heterocycles. The van der Waals surface area contributed by atoms with Gasteiger partial charge in [-0.05, 0) is 59.0 Å². The Morgan fingerprint density at radius 1 is 1.30 bits per heavy atom. The zero-order valence-electron chi connectivity index (χ0n) is 11.6. The molecule has 0 aliphatic rings. The summed E-state index contributed by atoms with van der Waals surface area (Å²) in [5.74, 6) is 0.0222. The number of benzene rings is 1. The minimum Gasteiger partial charge on any atom is -0.310 e. The second kappa shape index (κ2) is 7.13. The van der Waals surface area contributed by atoms with Gasteiger partial charge in [-0.3, -0.25) is 4.98 Å². The van der Waals surface area contributed by atoms with Crippen LogP contribution in [0.5, 0.6) is 0 Å². The molecule has 20 heavy (non-hydrogen) atoms. The van der Waals surface area contributed by atoms with Crippen molar-refractivity contribution in [3.63, 3.8) is 0 Å². The van der Waals surface area contributed by atoms with E-state index in [1.807, 2.05) is 30.5 Å². The maximum atomic E-state index is 13.3. The molecule has 2 atom stereocenters. The number of rotatable bonds is 5. The SMILES string of the molecule is CCNC(c1ccc(F)cc1I)C(C)c1ccccn1. The number of nitrogens with one attached hydrogen (secondary N) is 1. The van der Waals surface area contributed by atoms with E-state index in [0.717, 1.165) is 21.4 Å². The van der Waals surface area contributed by atoms with Crippen molar-refractivity contribution in [1.29, 1.82) is 0 Å². The van der Waals surface area contributed by atoms with Crippen LogP contribution in [0.4, 0.5) is 4.39 Å². The van der Waals surface area contributed by atoms with Gasteiger partial charge in [0.25, 0.3) is 0 Å². The number of pyridine rings is 1. The topological polar surface area (TPSA) is 24.9 Å². The number of hydrogen-bond donors (Lipinski definition) is 1. The van der Waals surface area contributed by atoms with E-state index >= 15 is 0 Å². The van der Waals surface area contributed by atoms with Crippen molar-refractivity contribution in [2.45, 2.75) is 25.8 Å². The van der Waals surface area contributed by atoms with Crippen LogP contribution >= 0.6 is 22.6 Å². The molecule has 2 nitrogen and oxygen atoms in total. The normalized spacial score (nSPS) is 14.0. The van der Waals surface area contributed by atoms with Crippen molar-refractivity contribution in [3.8, 4) is 0 Å².